The maximum absolute atomic E-state index is 11.1. The van der Waals surface area contributed by atoms with Crippen LogP contribution in [-0.2, 0) is 9.53 Å². The summed E-state index contributed by atoms with van der Waals surface area (Å²) in [5.41, 5.74) is 0.0172. The smallest absolute Gasteiger partial charge is 0.406 e. The van der Waals surface area contributed by atoms with Crippen molar-refractivity contribution in [1.82, 2.24) is 10.6 Å². The number of amides is 2. The van der Waals surface area contributed by atoms with E-state index in [2.05, 4.69) is 42.7 Å². The average molecular weight is 270 g/mol. The topological polar surface area (TPSA) is 67.4 Å². The molecule has 0 aromatic heterocycles. The van der Waals surface area contributed by atoms with Crippen LogP contribution in [0.1, 0.15) is 33.6 Å². The molecule has 0 aliphatic rings. The molecule has 0 saturated heterocycles. The van der Waals surface area contributed by atoms with Gasteiger partial charge in [-0.15, -0.1) is 0 Å². The van der Waals surface area contributed by atoms with Crippen LogP contribution in [0.2, 0.25) is 0 Å². The summed E-state index contributed by atoms with van der Waals surface area (Å²) < 4.78 is 4.50. The maximum Gasteiger partial charge on any atom is 0.406 e. The molecule has 110 valence electrons. The zero-order valence-electron chi connectivity index (χ0n) is 12.4. The van der Waals surface area contributed by atoms with E-state index in [4.69, 9.17) is 0 Å². The van der Waals surface area contributed by atoms with Crippen LogP contribution in [0.4, 0.5) is 4.79 Å². The Morgan fingerprint density at radius 2 is 2.00 bits per heavy atom. The number of carbonyl (C=O) groups is 2. The Kier molecular flexibility index (Phi) is 7.87. The van der Waals surface area contributed by atoms with E-state index in [1.54, 1.807) is 0 Å². The number of ether oxygens (including phenoxy) is 1. The van der Waals surface area contributed by atoms with Crippen LogP contribution in [0.5, 0.6) is 0 Å². The first-order valence-electron chi connectivity index (χ1n) is 6.53. The predicted molar refractivity (Wildman–Crippen MR) is 75.8 cm³/mol. The summed E-state index contributed by atoms with van der Waals surface area (Å²) in [7, 11) is 1.35. The van der Waals surface area contributed by atoms with Crippen molar-refractivity contribution in [3.63, 3.8) is 0 Å². The summed E-state index contributed by atoms with van der Waals surface area (Å²) in [6.45, 7) is 11.0. The first-order chi connectivity index (χ1) is 8.80. The fourth-order valence-electron chi connectivity index (χ4n) is 2.01. The molecule has 0 aliphatic heterocycles. The number of methoxy groups -OCH3 is 1. The third-order valence-corrected chi connectivity index (χ3v) is 2.92. The molecule has 0 aromatic carbocycles. The minimum atomic E-state index is -0.398. The minimum Gasteiger partial charge on any atom is -0.453 e. The molecule has 2 amide bonds. The summed E-state index contributed by atoms with van der Waals surface area (Å²) >= 11 is 0. The summed E-state index contributed by atoms with van der Waals surface area (Å²) in [5.74, 6) is 0.306. The molecular formula is C14H26N2O3. The molecule has 19 heavy (non-hydrogen) atoms. The maximum atomic E-state index is 11.1. The van der Waals surface area contributed by atoms with Crippen molar-refractivity contribution in [2.45, 2.75) is 33.6 Å². The van der Waals surface area contributed by atoms with Crippen LogP contribution in [-0.4, -0.2) is 32.2 Å². The predicted octanol–water partition coefficient (Wildman–Crippen LogP) is 2.09. The minimum absolute atomic E-state index is 0.0172. The molecule has 0 fully saturated rings. The van der Waals surface area contributed by atoms with Crippen molar-refractivity contribution in [2.24, 2.45) is 11.3 Å². The van der Waals surface area contributed by atoms with Gasteiger partial charge in [-0.25, -0.2) is 4.79 Å². The Bertz CT molecular complexity index is 314. The second-order valence-electron chi connectivity index (χ2n) is 5.60. The molecule has 0 aliphatic carbocycles. The SMILES string of the molecule is C=CC(=O)NCC(C)(C)CC(C)CCNC(=O)OC. The normalized spacial score (nSPS) is 12.4. The average Bonchev–Trinajstić information content (AvgIpc) is 2.35. The van der Waals surface area contributed by atoms with E-state index in [1.165, 1.54) is 13.2 Å². The van der Waals surface area contributed by atoms with Crippen molar-refractivity contribution in [3.8, 4) is 0 Å². The van der Waals surface area contributed by atoms with E-state index in [1.807, 2.05) is 0 Å². The highest BCUT2D eigenvalue weighted by molar-refractivity contribution is 5.86. The fourth-order valence-corrected chi connectivity index (χ4v) is 2.01. The fraction of sp³-hybridized carbons (Fsp3) is 0.714. The highest BCUT2D eigenvalue weighted by atomic mass is 16.5. The van der Waals surface area contributed by atoms with Gasteiger partial charge in [0, 0.05) is 13.1 Å². The highest BCUT2D eigenvalue weighted by Crippen LogP contribution is 2.26. The second-order valence-corrected chi connectivity index (χ2v) is 5.60. The number of alkyl carbamates (subject to hydrolysis) is 1. The van der Waals surface area contributed by atoms with Crippen molar-refractivity contribution < 1.29 is 14.3 Å². The van der Waals surface area contributed by atoms with Crippen molar-refractivity contribution in [1.29, 1.82) is 0 Å². The molecule has 5 nitrogen and oxygen atoms in total. The van der Waals surface area contributed by atoms with Crippen LogP contribution < -0.4 is 10.6 Å². The van der Waals surface area contributed by atoms with Gasteiger partial charge in [-0.3, -0.25) is 4.79 Å². The van der Waals surface area contributed by atoms with Gasteiger partial charge in [0.1, 0.15) is 0 Å². The van der Waals surface area contributed by atoms with Crippen molar-refractivity contribution >= 4 is 12.0 Å². The van der Waals surface area contributed by atoms with E-state index >= 15 is 0 Å². The van der Waals surface area contributed by atoms with Crippen molar-refractivity contribution in [3.05, 3.63) is 12.7 Å². The summed E-state index contributed by atoms with van der Waals surface area (Å²) in [5, 5.41) is 5.48. The van der Waals surface area contributed by atoms with Gasteiger partial charge in [0.05, 0.1) is 7.11 Å². The molecule has 0 bridgehead atoms. The molecular weight excluding hydrogens is 244 g/mol. The van der Waals surface area contributed by atoms with E-state index < -0.39 is 6.09 Å². The zero-order chi connectivity index (χ0) is 14.9. The van der Waals surface area contributed by atoms with Crippen LogP contribution in [0.3, 0.4) is 0 Å². The Morgan fingerprint density at radius 1 is 1.37 bits per heavy atom. The van der Waals surface area contributed by atoms with E-state index in [9.17, 15) is 9.59 Å². The van der Waals surface area contributed by atoms with Gasteiger partial charge in [0.25, 0.3) is 0 Å². The van der Waals surface area contributed by atoms with Crippen LogP contribution >= 0.6 is 0 Å². The van der Waals surface area contributed by atoms with E-state index in [0.717, 1.165) is 12.8 Å². The lowest BCUT2D eigenvalue weighted by Crippen LogP contribution is -2.34. The monoisotopic (exact) mass is 270 g/mol. The van der Waals surface area contributed by atoms with Crippen LogP contribution in [0.15, 0.2) is 12.7 Å². The first-order valence-corrected chi connectivity index (χ1v) is 6.53. The number of hydrogen-bond acceptors (Lipinski definition) is 3. The number of hydrogen-bond donors (Lipinski definition) is 2. The molecule has 0 spiro atoms. The summed E-state index contributed by atoms with van der Waals surface area (Å²) in [6.07, 6.45) is 2.73. The lowest BCUT2D eigenvalue weighted by molar-refractivity contribution is -0.116. The third kappa shape index (κ3) is 9.11. The molecule has 0 saturated carbocycles. The first kappa shape index (κ1) is 17.5. The van der Waals surface area contributed by atoms with Gasteiger partial charge in [-0.05, 0) is 30.3 Å². The lowest BCUT2D eigenvalue weighted by atomic mass is 9.82. The number of rotatable bonds is 8. The molecule has 0 heterocycles. The molecule has 5 heteroatoms. The Hall–Kier alpha value is -1.52. The summed E-state index contributed by atoms with van der Waals surface area (Å²) in [4.78, 5) is 22.0. The van der Waals surface area contributed by atoms with Gasteiger partial charge < -0.3 is 15.4 Å². The van der Waals surface area contributed by atoms with Gasteiger partial charge in [0.15, 0.2) is 0 Å². The van der Waals surface area contributed by atoms with Gasteiger partial charge >= 0.3 is 6.09 Å². The standard InChI is InChI=1S/C14H26N2O3/c1-6-12(17)16-10-14(3,4)9-11(2)7-8-15-13(18)19-5/h6,11H,1,7-10H2,2-5H3,(H,15,18)(H,16,17). The Labute approximate surface area is 115 Å². The molecule has 1 atom stereocenters. The Morgan fingerprint density at radius 3 is 2.53 bits per heavy atom. The number of carbonyl (C=O) groups excluding carboxylic acids is 2. The number of nitrogens with one attached hydrogen (secondary N) is 2. The lowest BCUT2D eigenvalue weighted by Gasteiger charge is -2.28. The van der Waals surface area contributed by atoms with Crippen molar-refractivity contribution in [2.75, 3.05) is 20.2 Å². The third-order valence-electron chi connectivity index (χ3n) is 2.92. The summed E-state index contributed by atoms with van der Waals surface area (Å²) in [6, 6.07) is 0. The highest BCUT2D eigenvalue weighted by Gasteiger charge is 2.21. The Balaban J connectivity index is 3.94. The van der Waals surface area contributed by atoms with Gasteiger partial charge in [-0.1, -0.05) is 27.4 Å². The largest absolute Gasteiger partial charge is 0.453 e. The molecule has 2 N–H and O–H groups in total. The molecule has 0 radical (unpaired) electrons. The van der Waals surface area contributed by atoms with Crippen LogP contribution in [0.25, 0.3) is 0 Å². The van der Waals surface area contributed by atoms with E-state index in [0.29, 0.717) is 19.0 Å². The molecule has 0 aromatic rings. The quantitative estimate of drug-likeness (QED) is 0.664. The van der Waals surface area contributed by atoms with Crippen LogP contribution in [0, 0.1) is 11.3 Å². The second kappa shape index (κ2) is 8.56. The molecule has 0 rings (SSSR count). The van der Waals surface area contributed by atoms with Gasteiger partial charge in [0.2, 0.25) is 5.91 Å². The van der Waals surface area contributed by atoms with E-state index in [-0.39, 0.29) is 11.3 Å². The van der Waals surface area contributed by atoms with Gasteiger partial charge in [-0.2, -0.15) is 0 Å². The zero-order valence-corrected chi connectivity index (χ0v) is 12.4. The molecule has 1 unspecified atom stereocenters.